The summed E-state index contributed by atoms with van der Waals surface area (Å²) in [5.74, 6) is -0.234. The Morgan fingerprint density at radius 2 is 1.89 bits per heavy atom. The van der Waals surface area contributed by atoms with Gasteiger partial charge in [-0.05, 0) is 19.3 Å². The molecule has 0 aromatic rings. The van der Waals surface area contributed by atoms with Crippen LogP contribution in [0.2, 0.25) is 0 Å². The van der Waals surface area contributed by atoms with Gasteiger partial charge in [-0.15, -0.1) is 0 Å². The Morgan fingerprint density at radius 3 is 2.33 bits per heavy atom. The summed E-state index contributed by atoms with van der Waals surface area (Å²) in [7, 11) is 0. The van der Waals surface area contributed by atoms with Gasteiger partial charge in [0.15, 0.2) is 0 Å². The molecular formula is C13H27N3O2. The molecule has 3 N–H and O–H groups in total. The molecule has 0 saturated heterocycles. The fourth-order valence-corrected chi connectivity index (χ4v) is 1.50. The number of hydrogen-bond donors (Lipinski definition) is 2. The zero-order chi connectivity index (χ0) is 14.1. The van der Waals surface area contributed by atoms with Crippen LogP contribution in [0.4, 0.5) is 0 Å². The predicted molar refractivity (Wildman–Crippen MR) is 73.0 cm³/mol. The fourth-order valence-electron chi connectivity index (χ4n) is 1.50. The maximum atomic E-state index is 11.8. The SMILES string of the molecule is CCCCN(CC)C(=O)CNC(=O)[C@@H](N)C(C)C. The number of carbonyl (C=O) groups excluding carboxylic acids is 2. The zero-order valence-corrected chi connectivity index (χ0v) is 12.0. The number of unbranched alkanes of at least 4 members (excludes halogenated alkanes) is 1. The van der Waals surface area contributed by atoms with Crippen LogP contribution in [0.15, 0.2) is 0 Å². The van der Waals surface area contributed by atoms with E-state index in [-0.39, 0.29) is 24.3 Å². The average Bonchev–Trinajstić information content (AvgIpc) is 2.35. The molecule has 2 amide bonds. The molecule has 106 valence electrons. The molecule has 5 nitrogen and oxygen atoms in total. The first-order chi connectivity index (χ1) is 8.43. The van der Waals surface area contributed by atoms with Crippen molar-refractivity contribution in [1.29, 1.82) is 0 Å². The number of nitrogens with two attached hydrogens (primary N) is 1. The van der Waals surface area contributed by atoms with E-state index in [1.54, 1.807) is 4.90 Å². The summed E-state index contributed by atoms with van der Waals surface area (Å²) in [4.78, 5) is 25.2. The van der Waals surface area contributed by atoms with Crippen LogP contribution in [-0.2, 0) is 9.59 Å². The van der Waals surface area contributed by atoms with Crippen molar-refractivity contribution in [1.82, 2.24) is 10.2 Å². The van der Waals surface area contributed by atoms with Gasteiger partial charge < -0.3 is 16.0 Å². The van der Waals surface area contributed by atoms with Gasteiger partial charge in [0.2, 0.25) is 11.8 Å². The van der Waals surface area contributed by atoms with Crippen LogP contribution in [-0.4, -0.2) is 42.4 Å². The molecule has 0 aliphatic rings. The van der Waals surface area contributed by atoms with E-state index >= 15 is 0 Å². The van der Waals surface area contributed by atoms with Crippen LogP contribution in [0, 0.1) is 5.92 Å². The summed E-state index contributed by atoms with van der Waals surface area (Å²) in [5.41, 5.74) is 5.70. The zero-order valence-electron chi connectivity index (χ0n) is 12.0. The molecule has 0 saturated carbocycles. The lowest BCUT2D eigenvalue weighted by molar-refractivity contribution is -0.133. The van der Waals surface area contributed by atoms with Gasteiger partial charge in [0.25, 0.3) is 0 Å². The van der Waals surface area contributed by atoms with Crippen molar-refractivity contribution >= 4 is 11.8 Å². The van der Waals surface area contributed by atoms with Crippen molar-refractivity contribution in [3.8, 4) is 0 Å². The Bertz CT molecular complexity index is 267. The quantitative estimate of drug-likeness (QED) is 0.673. The van der Waals surface area contributed by atoms with Gasteiger partial charge in [0, 0.05) is 13.1 Å². The Morgan fingerprint density at radius 1 is 1.28 bits per heavy atom. The third kappa shape index (κ3) is 6.00. The highest BCUT2D eigenvalue weighted by Crippen LogP contribution is 1.98. The standard InChI is InChI=1S/C13H27N3O2/c1-5-7-8-16(6-2)11(17)9-15-13(18)12(14)10(3)4/h10,12H,5-9,14H2,1-4H3,(H,15,18)/t12-/m0/s1. The summed E-state index contributed by atoms with van der Waals surface area (Å²) < 4.78 is 0. The highest BCUT2D eigenvalue weighted by atomic mass is 16.2. The van der Waals surface area contributed by atoms with E-state index in [2.05, 4.69) is 12.2 Å². The smallest absolute Gasteiger partial charge is 0.241 e. The summed E-state index contributed by atoms with van der Waals surface area (Å²) >= 11 is 0. The molecule has 0 radical (unpaired) electrons. The summed E-state index contributed by atoms with van der Waals surface area (Å²) in [5, 5.41) is 2.60. The second-order valence-electron chi connectivity index (χ2n) is 4.81. The Kier molecular flexibility index (Phi) is 8.37. The second-order valence-corrected chi connectivity index (χ2v) is 4.81. The van der Waals surface area contributed by atoms with Crippen molar-refractivity contribution in [2.24, 2.45) is 11.7 Å². The second kappa shape index (κ2) is 8.91. The molecule has 0 spiro atoms. The molecule has 0 rings (SSSR count). The lowest BCUT2D eigenvalue weighted by Gasteiger charge is -2.21. The van der Waals surface area contributed by atoms with Crippen molar-refractivity contribution in [3.05, 3.63) is 0 Å². The van der Waals surface area contributed by atoms with Gasteiger partial charge in [0.1, 0.15) is 0 Å². The first-order valence-electron chi connectivity index (χ1n) is 6.75. The lowest BCUT2D eigenvalue weighted by Crippen LogP contribution is -2.48. The number of nitrogens with one attached hydrogen (secondary N) is 1. The number of likely N-dealkylation sites (N-methyl/N-ethyl adjacent to an activating group) is 1. The molecule has 0 bridgehead atoms. The van der Waals surface area contributed by atoms with E-state index in [0.29, 0.717) is 6.54 Å². The number of carbonyl (C=O) groups is 2. The molecular weight excluding hydrogens is 230 g/mol. The van der Waals surface area contributed by atoms with Crippen LogP contribution in [0.3, 0.4) is 0 Å². The van der Waals surface area contributed by atoms with Crippen LogP contribution in [0.1, 0.15) is 40.5 Å². The third-order valence-electron chi connectivity index (χ3n) is 2.95. The highest BCUT2D eigenvalue weighted by Gasteiger charge is 2.18. The van der Waals surface area contributed by atoms with Crippen molar-refractivity contribution in [2.75, 3.05) is 19.6 Å². The molecule has 5 heteroatoms. The van der Waals surface area contributed by atoms with E-state index in [0.717, 1.165) is 19.4 Å². The minimum Gasteiger partial charge on any atom is -0.346 e. The van der Waals surface area contributed by atoms with E-state index < -0.39 is 6.04 Å². The van der Waals surface area contributed by atoms with E-state index in [9.17, 15) is 9.59 Å². The van der Waals surface area contributed by atoms with Gasteiger partial charge in [-0.1, -0.05) is 27.2 Å². The van der Waals surface area contributed by atoms with Gasteiger partial charge in [-0.3, -0.25) is 9.59 Å². The average molecular weight is 257 g/mol. The minimum absolute atomic E-state index is 0.0385. The van der Waals surface area contributed by atoms with Gasteiger partial charge in [-0.2, -0.15) is 0 Å². The van der Waals surface area contributed by atoms with E-state index in [1.807, 2.05) is 20.8 Å². The normalized spacial score (nSPS) is 12.3. The maximum Gasteiger partial charge on any atom is 0.241 e. The Labute approximate surface area is 110 Å². The molecule has 0 fully saturated rings. The predicted octanol–water partition coefficient (Wildman–Crippen LogP) is 0.735. The first-order valence-corrected chi connectivity index (χ1v) is 6.75. The molecule has 0 unspecified atom stereocenters. The first kappa shape index (κ1) is 16.9. The Hall–Kier alpha value is -1.10. The van der Waals surface area contributed by atoms with Crippen molar-refractivity contribution < 1.29 is 9.59 Å². The minimum atomic E-state index is -0.552. The van der Waals surface area contributed by atoms with Crippen LogP contribution < -0.4 is 11.1 Å². The molecule has 0 aromatic carbocycles. The number of nitrogens with zero attached hydrogens (tertiary/aromatic N) is 1. The third-order valence-corrected chi connectivity index (χ3v) is 2.95. The number of rotatable bonds is 8. The maximum absolute atomic E-state index is 11.8. The van der Waals surface area contributed by atoms with Crippen LogP contribution in [0.5, 0.6) is 0 Å². The van der Waals surface area contributed by atoms with Gasteiger partial charge in [-0.25, -0.2) is 0 Å². The van der Waals surface area contributed by atoms with E-state index in [4.69, 9.17) is 5.73 Å². The molecule has 1 atom stereocenters. The van der Waals surface area contributed by atoms with Crippen molar-refractivity contribution in [3.63, 3.8) is 0 Å². The number of hydrogen-bond acceptors (Lipinski definition) is 3. The molecule has 0 aromatic heterocycles. The largest absolute Gasteiger partial charge is 0.346 e. The molecule has 0 heterocycles. The molecule has 0 aliphatic heterocycles. The van der Waals surface area contributed by atoms with Gasteiger partial charge in [0.05, 0.1) is 12.6 Å². The monoisotopic (exact) mass is 257 g/mol. The fraction of sp³-hybridized carbons (Fsp3) is 0.846. The molecule has 18 heavy (non-hydrogen) atoms. The summed E-state index contributed by atoms with van der Waals surface area (Å²) in [6.45, 7) is 9.24. The van der Waals surface area contributed by atoms with Gasteiger partial charge >= 0.3 is 0 Å². The lowest BCUT2D eigenvalue weighted by atomic mass is 10.1. The van der Waals surface area contributed by atoms with Crippen molar-refractivity contribution in [2.45, 2.75) is 46.6 Å². The van der Waals surface area contributed by atoms with E-state index in [1.165, 1.54) is 0 Å². The highest BCUT2D eigenvalue weighted by molar-refractivity contribution is 5.87. The number of amides is 2. The topological polar surface area (TPSA) is 75.4 Å². The molecule has 0 aliphatic carbocycles. The Balaban J connectivity index is 4.11. The van der Waals surface area contributed by atoms with Crippen LogP contribution in [0.25, 0.3) is 0 Å². The summed E-state index contributed by atoms with van der Waals surface area (Å²) in [6.07, 6.45) is 2.04. The summed E-state index contributed by atoms with van der Waals surface area (Å²) in [6, 6.07) is -0.552. The van der Waals surface area contributed by atoms with Crippen LogP contribution >= 0.6 is 0 Å².